The van der Waals surface area contributed by atoms with E-state index >= 15 is 0 Å². The number of likely N-dealkylation sites (N-methyl/N-ethyl adjacent to an activating group) is 1. The van der Waals surface area contributed by atoms with Crippen molar-refractivity contribution in [1.82, 2.24) is 15.5 Å². The molecular formula is C13H25N3O2. The minimum atomic E-state index is 0.148. The molecule has 1 atom stereocenters. The fraction of sp³-hybridized carbons (Fsp3) is 0.923. The first-order chi connectivity index (χ1) is 8.75. The van der Waals surface area contributed by atoms with Crippen molar-refractivity contribution in [2.75, 3.05) is 39.9 Å². The van der Waals surface area contributed by atoms with Crippen LogP contribution in [0.25, 0.3) is 0 Å². The number of carbonyl (C=O) groups excluding carboxylic acids is 1. The predicted octanol–water partition coefficient (Wildman–Crippen LogP) is -0.0346. The smallest absolute Gasteiger partial charge is 0.234 e. The molecule has 2 saturated heterocycles. The van der Waals surface area contributed by atoms with Gasteiger partial charge < -0.3 is 15.4 Å². The Kier molecular flexibility index (Phi) is 5.41. The van der Waals surface area contributed by atoms with Gasteiger partial charge in [0.25, 0.3) is 0 Å². The van der Waals surface area contributed by atoms with Gasteiger partial charge in [-0.2, -0.15) is 0 Å². The Labute approximate surface area is 109 Å². The van der Waals surface area contributed by atoms with Gasteiger partial charge in [-0.3, -0.25) is 9.69 Å². The van der Waals surface area contributed by atoms with Crippen LogP contribution in [0.2, 0.25) is 0 Å². The molecule has 2 heterocycles. The molecule has 0 aromatic rings. The molecule has 2 N–H and O–H groups in total. The van der Waals surface area contributed by atoms with Gasteiger partial charge in [-0.25, -0.2) is 0 Å². The van der Waals surface area contributed by atoms with E-state index in [4.69, 9.17) is 4.74 Å². The number of nitrogens with zero attached hydrogens (tertiary/aromatic N) is 1. The van der Waals surface area contributed by atoms with Crippen LogP contribution < -0.4 is 10.6 Å². The van der Waals surface area contributed by atoms with Gasteiger partial charge >= 0.3 is 0 Å². The molecule has 2 aliphatic heterocycles. The van der Waals surface area contributed by atoms with Crippen molar-refractivity contribution in [1.29, 1.82) is 0 Å². The topological polar surface area (TPSA) is 53.6 Å². The first-order valence-corrected chi connectivity index (χ1v) is 7.04. The summed E-state index contributed by atoms with van der Waals surface area (Å²) in [6.45, 7) is 4.16. The number of carbonyl (C=O) groups is 1. The molecule has 0 saturated carbocycles. The number of hydrogen-bond donors (Lipinski definition) is 2. The monoisotopic (exact) mass is 255 g/mol. The molecule has 2 fully saturated rings. The lowest BCUT2D eigenvalue weighted by molar-refractivity contribution is -0.123. The van der Waals surface area contributed by atoms with E-state index in [9.17, 15) is 4.79 Å². The Morgan fingerprint density at radius 1 is 1.39 bits per heavy atom. The second-order valence-electron chi connectivity index (χ2n) is 5.37. The van der Waals surface area contributed by atoms with E-state index < -0.39 is 0 Å². The second-order valence-corrected chi connectivity index (χ2v) is 5.37. The molecule has 2 rings (SSSR count). The molecule has 2 aliphatic rings. The number of amides is 1. The largest absolute Gasteiger partial charge is 0.381 e. The molecule has 0 radical (unpaired) electrons. The highest BCUT2D eigenvalue weighted by Gasteiger charge is 2.21. The lowest BCUT2D eigenvalue weighted by atomic mass is 10.1. The maximum absolute atomic E-state index is 12.0. The van der Waals surface area contributed by atoms with Crippen LogP contribution >= 0.6 is 0 Å². The molecule has 0 bridgehead atoms. The summed E-state index contributed by atoms with van der Waals surface area (Å²) in [5.41, 5.74) is 0. The summed E-state index contributed by atoms with van der Waals surface area (Å²) >= 11 is 0. The first kappa shape index (κ1) is 13.8. The minimum Gasteiger partial charge on any atom is -0.381 e. The van der Waals surface area contributed by atoms with E-state index in [1.165, 1.54) is 12.8 Å². The average molecular weight is 255 g/mol. The molecule has 1 amide bonds. The van der Waals surface area contributed by atoms with Crippen molar-refractivity contribution < 1.29 is 9.53 Å². The van der Waals surface area contributed by atoms with E-state index in [-0.39, 0.29) is 5.91 Å². The molecule has 104 valence electrons. The summed E-state index contributed by atoms with van der Waals surface area (Å²) in [7, 11) is 2.04. The average Bonchev–Trinajstić information content (AvgIpc) is 2.40. The van der Waals surface area contributed by atoms with Crippen LogP contribution in [0.1, 0.15) is 25.7 Å². The molecule has 5 heteroatoms. The van der Waals surface area contributed by atoms with E-state index in [2.05, 4.69) is 15.5 Å². The maximum atomic E-state index is 12.0. The van der Waals surface area contributed by atoms with Crippen molar-refractivity contribution >= 4 is 5.91 Å². The maximum Gasteiger partial charge on any atom is 0.234 e. The Bertz CT molecular complexity index is 261. The van der Waals surface area contributed by atoms with Crippen LogP contribution in [0.15, 0.2) is 0 Å². The van der Waals surface area contributed by atoms with Gasteiger partial charge in [0.05, 0.1) is 6.54 Å². The van der Waals surface area contributed by atoms with Crippen molar-refractivity contribution in [3.05, 3.63) is 0 Å². The van der Waals surface area contributed by atoms with Gasteiger partial charge in [0.15, 0.2) is 0 Å². The molecule has 5 nitrogen and oxygen atoms in total. The van der Waals surface area contributed by atoms with Crippen LogP contribution in [0.4, 0.5) is 0 Å². The van der Waals surface area contributed by atoms with Gasteiger partial charge in [-0.15, -0.1) is 0 Å². The highest BCUT2D eigenvalue weighted by molar-refractivity contribution is 5.78. The molecule has 1 unspecified atom stereocenters. The van der Waals surface area contributed by atoms with Gasteiger partial charge in [0.2, 0.25) is 5.91 Å². The summed E-state index contributed by atoms with van der Waals surface area (Å²) in [4.78, 5) is 14.1. The highest BCUT2D eigenvalue weighted by atomic mass is 16.5. The molecule has 0 aromatic carbocycles. The highest BCUT2D eigenvalue weighted by Crippen LogP contribution is 2.09. The SMILES string of the molecule is CN(CC(=O)NC1CCOCC1)C1CCCNC1. The van der Waals surface area contributed by atoms with E-state index in [0.29, 0.717) is 18.6 Å². The Balaban J connectivity index is 1.68. The Morgan fingerprint density at radius 3 is 2.83 bits per heavy atom. The fourth-order valence-corrected chi connectivity index (χ4v) is 2.68. The molecule has 18 heavy (non-hydrogen) atoms. The van der Waals surface area contributed by atoms with E-state index in [0.717, 1.165) is 39.1 Å². The molecule has 0 aliphatic carbocycles. The lowest BCUT2D eigenvalue weighted by Gasteiger charge is -2.32. The van der Waals surface area contributed by atoms with E-state index in [1.807, 2.05) is 7.05 Å². The van der Waals surface area contributed by atoms with Crippen molar-refractivity contribution in [2.24, 2.45) is 0 Å². The first-order valence-electron chi connectivity index (χ1n) is 7.04. The van der Waals surface area contributed by atoms with Crippen LogP contribution in [-0.4, -0.2) is 62.8 Å². The molecular weight excluding hydrogens is 230 g/mol. The number of piperidine rings is 1. The summed E-state index contributed by atoms with van der Waals surface area (Å²) in [6.07, 6.45) is 4.28. The normalized spacial score (nSPS) is 26.2. The van der Waals surface area contributed by atoms with Gasteiger partial charge in [-0.05, 0) is 39.3 Å². The number of nitrogens with one attached hydrogen (secondary N) is 2. The van der Waals surface area contributed by atoms with Gasteiger partial charge in [0.1, 0.15) is 0 Å². The summed E-state index contributed by atoms with van der Waals surface area (Å²) in [6, 6.07) is 0.809. The van der Waals surface area contributed by atoms with Crippen LogP contribution in [-0.2, 0) is 9.53 Å². The third-order valence-electron chi connectivity index (χ3n) is 3.87. The third-order valence-corrected chi connectivity index (χ3v) is 3.87. The quantitative estimate of drug-likeness (QED) is 0.740. The number of rotatable bonds is 4. The van der Waals surface area contributed by atoms with Crippen molar-refractivity contribution in [2.45, 2.75) is 37.8 Å². The van der Waals surface area contributed by atoms with Gasteiger partial charge in [0, 0.05) is 31.8 Å². The molecule has 0 spiro atoms. The standard InChI is InChI=1S/C13H25N3O2/c1-16(12-3-2-6-14-9-12)10-13(17)15-11-4-7-18-8-5-11/h11-12,14H,2-10H2,1H3,(H,15,17). The summed E-state index contributed by atoms with van der Waals surface area (Å²) < 4.78 is 5.29. The van der Waals surface area contributed by atoms with Crippen molar-refractivity contribution in [3.63, 3.8) is 0 Å². The molecule has 0 aromatic heterocycles. The zero-order chi connectivity index (χ0) is 12.8. The number of ether oxygens (including phenoxy) is 1. The number of hydrogen-bond acceptors (Lipinski definition) is 4. The Hall–Kier alpha value is -0.650. The van der Waals surface area contributed by atoms with E-state index in [1.54, 1.807) is 0 Å². The second kappa shape index (κ2) is 7.07. The van der Waals surface area contributed by atoms with Crippen LogP contribution in [0, 0.1) is 0 Å². The minimum absolute atomic E-state index is 0.148. The third kappa shape index (κ3) is 4.23. The predicted molar refractivity (Wildman–Crippen MR) is 70.5 cm³/mol. The zero-order valence-corrected chi connectivity index (χ0v) is 11.3. The Morgan fingerprint density at radius 2 is 2.17 bits per heavy atom. The van der Waals surface area contributed by atoms with Crippen LogP contribution in [0.3, 0.4) is 0 Å². The summed E-state index contributed by atoms with van der Waals surface area (Å²) in [5.74, 6) is 0.148. The van der Waals surface area contributed by atoms with Gasteiger partial charge in [-0.1, -0.05) is 0 Å². The van der Waals surface area contributed by atoms with Crippen molar-refractivity contribution in [3.8, 4) is 0 Å². The zero-order valence-electron chi connectivity index (χ0n) is 11.3. The van der Waals surface area contributed by atoms with Crippen LogP contribution in [0.5, 0.6) is 0 Å². The summed E-state index contributed by atoms with van der Waals surface area (Å²) in [5, 5.41) is 6.49. The fourth-order valence-electron chi connectivity index (χ4n) is 2.68. The lowest BCUT2D eigenvalue weighted by Crippen LogP contribution is -2.49.